The van der Waals surface area contributed by atoms with E-state index in [1.165, 1.54) is 161 Å². The molecule has 0 aromatic rings. The molecule has 9 nitrogen and oxygen atoms in total. The van der Waals surface area contributed by atoms with E-state index in [9.17, 15) is 14.2 Å². The third-order valence-electron chi connectivity index (χ3n) is 10.4. The van der Waals surface area contributed by atoms with Crippen molar-refractivity contribution in [3.63, 3.8) is 0 Å². The Balaban J connectivity index is 4.39. The van der Waals surface area contributed by atoms with Gasteiger partial charge in [0.25, 0.3) is 0 Å². The second kappa shape index (κ2) is 38.5. The topological polar surface area (TPSA) is 97.4 Å². The monoisotopic (exact) mass is 805 g/mol. The van der Waals surface area contributed by atoms with Gasteiger partial charge in [0.05, 0.1) is 27.7 Å². The van der Waals surface area contributed by atoms with Gasteiger partial charge in [0.2, 0.25) is 0 Å². The van der Waals surface area contributed by atoms with Crippen molar-refractivity contribution in [3.05, 3.63) is 0 Å². The first-order valence-corrected chi connectivity index (χ1v) is 24.6. The smallest absolute Gasteiger partial charge is 0.462 e. The van der Waals surface area contributed by atoms with Crippen LogP contribution in [0.25, 0.3) is 0 Å². The number of likely N-dealkylation sites (N-methyl/N-ethyl adjacent to an activating group) is 1. The van der Waals surface area contributed by atoms with E-state index in [2.05, 4.69) is 13.8 Å². The van der Waals surface area contributed by atoms with E-state index in [-0.39, 0.29) is 38.2 Å². The molecular formula is C45H91NO8P+. The zero-order chi connectivity index (χ0) is 40.7. The molecule has 0 saturated heterocycles. The van der Waals surface area contributed by atoms with Crippen molar-refractivity contribution in [3.8, 4) is 0 Å². The van der Waals surface area contributed by atoms with E-state index in [0.29, 0.717) is 17.4 Å². The largest absolute Gasteiger partial charge is 0.474 e. The molecule has 0 spiro atoms. The minimum atomic E-state index is -3.87. The van der Waals surface area contributed by atoms with Gasteiger partial charge in [-0.25, -0.2) is 4.57 Å². The summed E-state index contributed by atoms with van der Waals surface area (Å²) in [6, 6.07) is 0. The van der Waals surface area contributed by atoms with E-state index >= 15 is 0 Å². The zero-order valence-electron chi connectivity index (χ0n) is 37.2. The number of carbonyl (C=O) groups is 2. The van der Waals surface area contributed by atoms with Crippen LogP contribution in [0.5, 0.6) is 0 Å². The lowest BCUT2D eigenvalue weighted by atomic mass is 10.0. The second-order valence-electron chi connectivity index (χ2n) is 17.0. The number of phosphoric ester groups is 1. The normalized spacial score (nSPS) is 13.5. The molecule has 0 aromatic carbocycles. The summed E-state index contributed by atoms with van der Waals surface area (Å²) in [5.74, 6) is -0.702. The fourth-order valence-corrected chi connectivity index (χ4v) is 7.58. The molecule has 0 fully saturated rings. The second-order valence-corrected chi connectivity index (χ2v) is 18.7. The Morgan fingerprint density at radius 1 is 0.491 bits per heavy atom. The average molecular weight is 805 g/mol. The number of hydrogen-bond donors (Lipinski definition) is 0. The van der Waals surface area contributed by atoms with E-state index in [1.807, 2.05) is 21.1 Å². The van der Waals surface area contributed by atoms with Crippen LogP contribution >= 0.6 is 7.82 Å². The molecule has 0 radical (unpaired) electrons. The molecule has 0 aliphatic heterocycles. The maximum atomic E-state index is 13.1. The first-order valence-electron chi connectivity index (χ1n) is 23.2. The predicted octanol–water partition coefficient (Wildman–Crippen LogP) is 13.5. The van der Waals surface area contributed by atoms with Crippen LogP contribution < -0.4 is 0 Å². The van der Waals surface area contributed by atoms with Crippen LogP contribution in [0.2, 0.25) is 0 Å². The van der Waals surface area contributed by atoms with E-state index in [1.54, 1.807) is 0 Å². The van der Waals surface area contributed by atoms with Gasteiger partial charge in [0, 0.05) is 20.0 Å². The van der Waals surface area contributed by atoms with Crippen LogP contribution in [0.4, 0.5) is 0 Å². The van der Waals surface area contributed by atoms with Crippen molar-refractivity contribution in [2.45, 2.75) is 225 Å². The van der Waals surface area contributed by atoms with Crippen molar-refractivity contribution in [2.24, 2.45) is 0 Å². The number of nitrogens with zero attached hydrogens (tertiary/aromatic N) is 1. The number of unbranched alkanes of at least 4 members (excludes halogenated alkanes) is 28. The Labute approximate surface area is 340 Å². The highest BCUT2D eigenvalue weighted by molar-refractivity contribution is 7.48. The summed E-state index contributed by atoms with van der Waals surface area (Å²) in [6.45, 7) is 4.89. The van der Waals surface area contributed by atoms with Gasteiger partial charge in [0.15, 0.2) is 6.10 Å². The van der Waals surface area contributed by atoms with Crippen LogP contribution in [0.15, 0.2) is 0 Å². The van der Waals surface area contributed by atoms with Gasteiger partial charge in [-0.15, -0.1) is 0 Å². The third-order valence-corrected chi connectivity index (χ3v) is 11.8. The highest BCUT2D eigenvalue weighted by Crippen LogP contribution is 2.48. The molecule has 0 aliphatic carbocycles. The van der Waals surface area contributed by atoms with Crippen molar-refractivity contribution < 1.29 is 41.7 Å². The fraction of sp³-hybridized carbons (Fsp3) is 0.956. The number of hydrogen-bond acceptors (Lipinski definition) is 8. The van der Waals surface area contributed by atoms with Crippen molar-refractivity contribution >= 4 is 19.8 Å². The summed E-state index contributed by atoms with van der Waals surface area (Å²) in [5.41, 5.74) is 0. The molecule has 0 aliphatic rings. The first-order chi connectivity index (χ1) is 26.5. The van der Waals surface area contributed by atoms with Crippen molar-refractivity contribution in [1.29, 1.82) is 0 Å². The van der Waals surface area contributed by atoms with E-state index in [0.717, 1.165) is 38.5 Å². The molecule has 0 bridgehead atoms. The minimum absolute atomic E-state index is 0.162. The highest BCUT2D eigenvalue weighted by Gasteiger charge is 2.29. The summed E-state index contributed by atoms with van der Waals surface area (Å²) >= 11 is 0. The molecule has 55 heavy (non-hydrogen) atoms. The maximum absolute atomic E-state index is 13.1. The molecule has 0 rings (SSSR count). The summed E-state index contributed by atoms with van der Waals surface area (Å²) < 4.78 is 41.0. The summed E-state index contributed by atoms with van der Waals surface area (Å²) in [4.78, 5) is 25.4. The standard InChI is InChI=1S/C45H91NO8P/c1-7-9-11-13-15-17-19-21-23-25-27-29-31-33-35-37-44(47)51-41-43(42-53-55(49,50-6)52-40-39-46(3,4)5)54-45(48)38-36-34-32-30-28-26-24-22-20-18-16-14-12-10-8-2/h43H,7-42H2,1-6H3/q+1/t43-,55?/m1/s1. The quantitative estimate of drug-likeness (QED) is 0.0260. The molecular weight excluding hydrogens is 713 g/mol. The predicted molar refractivity (Wildman–Crippen MR) is 229 cm³/mol. The number of rotatable bonds is 43. The lowest BCUT2D eigenvalue weighted by molar-refractivity contribution is -0.870. The molecule has 1 unspecified atom stereocenters. The Morgan fingerprint density at radius 2 is 0.836 bits per heavy atom. The van der Waals surface area contributed by atoms with Crippen LogP contribution in [-0.2, 0) is 37.2 Å². The molecule has 0 saturated carbocycles. The molecule has 10 heteroatoms. The van der Waals surface area contributed by atoms with Crippen LogP contribution in [0.1, 0.15) is 219 Å². The summed E-state index contributed by atoms with van der Waals surface area (Å²) in [6.07, 6.45) is 37.5. The van der Waals surface area contributed by atoms with Gasteiger partial charge in [0.1, 0.15) is 19.8 Å². The number of carbonyl (C=O) groups excluding carboxylic acids is 2. The van der Waals surface area contributed by atoms with Gasteiger partial charge in [-0.05, 0) is 12.8 Å². The Bertz CT molecular complexity index is 912. The molecule has 0 heterocycles. The van der Waals surface area contributed by atoms with Gasteiger partial charge in [-0.2, -0.15) is 0 Å². The molecule has 0 N–H and O–H groups in total. The number of esters is 2. The van der Waals surface area contributed by atoms with Crippen molar-refractivity contribution in [2.75, 3.05) is 54.6 Å². The molecule has 2 atom stereocenters. The van der Waals surface area contributed by atoms with E-state index in [4.69, 9.17) is 23.0 Å². The molecule has 0 amide bonds. The summed E-state index contributed by atoms with van der Waals surface area (Å²) in [7, 11) is 3.40. The number of ether oxygens (including phenoxy) is 2. The lowest BCUT2D eigenvalue weighted by Gasteiger charge is -2.25. The Kier molecular flexibility index (Phi) is 37.8. The Morgan fingerprint density at radius 3 is 1.18 bits per heavy atom. The average Bonchev–Trinajstić information content (AvgIpc) is 3.15. The number of quaternary nitrogens is 1. The van der Waals surface area contributed by atoms with Gasteiger partial charge in [-0.3, -0.25) is 23.2 Å². The SMILES string of the molecule is CCCCCCCCCCCCCCCCCC(=O)OC[C@H](COP(=O)(OC)OCC[N+](C)(C)C)OC(=O)CCCCCCCCCCCCCCCCC. The minimum Gasteiger partial charge on any atom is -0.462 e. The fourth-order valence-electron chi connectivity index (χ4n) is 6.64. The number of phosphoric acid groups is 1. The lowest BCUT2D eigenvalue weighted by Crippen LogP contribution is -2.37. The zero-order valence-corrected chi connectivity index (χ0v) is 38.1. The highest BCUT2D eigenvalue weighted by atomic mass is 31.2. The van der Waals surface area contributed by atoms with Gasteiger partial charge in [-0.1, -0.05) is 194 Å². The molecule has 328 valence electrons. The van der Waals surface area contributed by atoms with Crippen LogP contribution in [0.3, 0.4) is 0 Å². The Hall–Kier alpha value is -0.990. The maximum Gasteiger partial charge on any atom is 0.474 e. The first kappa shape index (κ1) is 54.0. The molecule has 0 aromatic heterocycles. The third kappa shape index (κ3) is 39.6. The van der Waals surface area contributed by atoms with Crippen molar-refractivity contribution in [1.82, 2.24) is 0 Å². The van der Waals surface area contributed by atoms with Crippen LogP contribution in [-0.4, -0.2) is 77.1 Å². The van der Waals surface area contributed by atoms with E-state index < -0.39 is 13.9 Å². The van der Waals surface area contributed by atoms with Crippen LogP contribution in [0, 0.1) is 0 Å². The van der Waals surface area contributed by atoms with Gasteiger partial charge < -0.3 is 14.0 Å². The van der Waals surface area contributed by atoms with Gasteiger partial charge >= 0.3 is 19.8 Å². The summed E-state index contributed by atoms with van der Waals surface area (Å²) in [5, 5.41) is 0.